The molecule has 3 heterocycles. The second kappa shape index (κ2) is 20.8. The van der Waals surface area contributed by atoms with Gasteiger partial charge in [0.05, 0.1) is 48.9 Å². The number of carbonyl (C=O) groups is 5. The van der Waals surface area contributed by atoms with Crippen molar-refractivity contribution in [3.05, 3.63) is 153 Å². The van der Waals surface area contributed by atoms with Crippen LogP contribution >= 0.6 is 22.9 Å². The van der Waals surface area contributed by atoms with Gasteiger partial charge in [0.15, 0.2) is 5.78 Å². The number of pyridine rings is 2. The average molecular weight is 867 g/mol. The summed E-state index contributed by atoms with van der Waals surface area (Å²) in [6, 6.07) is 28.0. The SMILES string of the molecule is COc1ccc(C(=O)N[C@@H](CC(=O)O)c2ccccc2C)nc1-c1ccccc1F.COc1ccc(C(=O)N[C@@H](CC(=O)O)c2ccccc2Cl)nc1-c1ccc(C(C)=O)s1. The van der Waals surface area contributed by atoms with Gasteiger partial charge in [0.1, 0.15) is 40.1 Å². The first-order valence-corrected chi connectivity index (χ1v) is 19.7. The van der Waals surface area contributed by atoms with Crippen LogP contribution in [0.25, 0.3) is 21.8 Å². The number of hydrogen-bond acceptors (Lipinski definition) is 10. The Kier molecular flexibility index (Phi) is 15.4. The Morgan fingerprint density at radius 3 is 1.72 bits per heavy atom. The summed E-state index contributed by atoms with van der Waals surface area (Å²) < 4.78 is 24.9. The Bertz CT molecular complexity index is 2580. The number of halogens is 2. The molecule has 0 spiro atoms. The van der Waals surface area contributed by atoms with Gasteiger partial charge in [0.2, 0.25) is 0 Å². The molecule has 3 aromatic heterocycles. The van der Waals surface area contributed by atoms with Crippen LogP contribution < -0.4 is 20.1 Å². The van der Waals surface area contributed by atoms with Gasteiger partial charge in [-0.3, -0.25) is 24.0 Å². The first-order valence-electron chi connectivity index (χ1n) is 18.5. The maximum absolute atomic E-state index is 14.3. The first kappa shape index (κ1) is 45.1. The van der Waals surface area contributed by atoms with Crippen LogP contribution in [-0.2, 0) is 9.59 Å². The molecule has 13 nitrogen and oxygen atoms in total. The summed E-state index contributed by atoms with van der Waals surface area (Å²) in [4.78, 5) is 70.1. The monoisotopic (exact) mass is 866 g/mol. The van der Waals surface area contributed by atoms with Crippen LogP contribution in [0, 0.1) is 12.7 Å². The van der Waals surface area contributed by atoms with Gasteiger partial charge in [-0.15, -0.1) is 11.3 Å². The zero-order valence-corrected chi connectivity index (χ0v) is 34.8. The van der Waals surface area contributed by atoms with Gasteiger partial charge in [-0.25, -0.2) is 14.4 Å². The van der Waals surface area contributed by atoms with Crippen molar-refractivity contribution in [1.82, 2.24) is 20.6 Å². The number of carboxylic acids is 2. The second-order valence-electron chi connectivity index (χ2n) is 13.3. The lowest BCUT2D eigenvalue weighted by atomic mass is 9.98. The van der Waals surface area contributed by atoms with E-state index in [1.807, 2.05) is 19.1 Å². The number of Topliss-reactive ketones (excluding diaryl/α,β-unsaturated/α-hetero) is 1. The normalized spacial score (nSPS) is 11.6. The average Bonchev–Trinajstić information content (AvgIpc) is 3.74. The van der Waals surface area contributed by atoms with E-state index in [2.05, 4.69) is 20.6 Å². The molecule has 2 amide bonds. The minimum atomic E-state index is -1.08. The van der Waals surface area contributed by atoms with Crippen molar-refractivity contribution in [3.8, 4) is 33.3 Å². The molecule has 0 fully saturated rings. The number of benzene rings is 3. The molecule has 0 unspecified atom stereocenters. The number of amides is 2. The molecule has 6 aromatic rings. The molecule has 16 heteroatoms. The Morgan fingerprint density at radius 1 is 0.689 bits per heavy atom. The largest absolute Gasteiger partial charge is 0.494 e. The van der Waals surface area contributed by atoms with E-state index >= 15 is 0 Å². The van der Waals surface area contributed by atoms with Gasteiger partial charge in [-0.05, 0) is 85.1 Å². The molecule has 0 aliphatic carbocycles. The lowest BCUT2D eigenvalue weighted by Crippen LogP contribution is -2.31. The van der Waals surface area contributed by atoms with E-state index in [0.717, 1.165) is 5.56 Å². The zero-order valence-electron chi connectivity index (χ0n) is 33.3. The highest BCUT2D eigenvalue weighted by Gasteiger charge is 2.25. The fourth-order valence-electron chi connectivity index (χ4n) is 6.18. The number of aromatic nitrogens is 2. The summed E-state index contributed by atoms with van der Waals surface area (Å²) in [7, 11) is 2.92. The maximum Gasteiger partial charge on any atom is 0.305 e. The highest BCUT2D eigenvalue weighted by molar-refractivity contribution is 7.17. The second-order valence-corrected chi connectivity index (χ2v) is 14.8. The van der Waals surface area contributed by atoms with Crippen molar-refractivity contribution in [2.24, 2.45) is 0 Å². The lowest BCUT2D eigenvalue weighted by molar-refractivity contribution is -0.138. The quantitative estimate of drug-likeness (QED) is 0.0721. The summed E-state index contributed by atoms with van der Waals surface area (Å²) in [6.07, 6.45) is -0.627. The third kappa shape index (κ3) is 11.6. The number of carbonyl (C=O) groups excluding carboxylic acids is 3. The van der Waals surface area contributed by atoms with Gasteiger partial charge < -0.3 is 30.3 Å². The number of hydrogen-bond donors (Lipinski definition) is 4. The first-order chi connectivity index (χ1) is 29.2. The number of nitrogens with zero attached hydrogens (tertiary/aromatic N) is 2. The Balaban J connectivity index is 0.000000231. The molecule has 0 bridgehead atoms. The van der Waals surface area contributed by atoms with Crippen molar-refractivity contribution < 1.29 is 48.0 Å². The fraction of sp³-hybridized carbons (Fsp3) is 0.178. The van der Waals surface area contributed by atoms with E-state index in [0.29, 0.717) is 43.1 Å². The van der Waals surface area contributed by atoms with Crippen molar-refractivity contribution >= 4 is 52.5 Å². The molecule has 2 atom stereocenters. The molecule has 0 saturated heterocycles. The van der Waals surface area contributed by atoms with Crippen molar-refractivity contribution in [2.45, 2.75) is 38.8 Å². The predicted octanol–water partition coefficient (Wildman–Crippen LogP) is 8.77. The summed E-state index contributed by atoms with van der Waals surface area (Å²) >= 11 is 7.45. The molecule has 3 aromatic carbocycles. The Labute approximate surface area is 359 Å². The van der Waals surface area contributed by atoms with Crippen molar-refractivity contribution in [3.63, 3.8) is 0 Å². The standard InChI is InChI=1S/C23H21FN2O4.C22H19ClN2O5S/c1-14-7-3-4-8-15(14)19(13-21(27)28)26-23(29)18-11-12-20(30-2)22(25-18)16-9-5-6-10-17(16)24;1-12(26)18-9-10-19(31-18)21-17(30-2)8-7-15(24-21)22(29)25-16(11-20(27)28)13-5-3-4-6-14(13)23/h3-12,19H,13H2,1-2H3,(H,26,29)(H,27,28);3-10,16H,11H2,1-2H3,(H,25,29)(H,27,28)/t19-;16-/m00/s1. The molecular weight excluding hydrogens is 827 g/mol. The van der Waals surface area contributed by atoms with Crippen LogP contribution in [0.15, 0.2) is 109 Å². The Hall–Kier alpha value is -6.97. The molecule has 0 radical (unpaired) electrons. The minimum absolute atomic E-state index is 0.0260. The van der Waals surface area contributed by atoms with Gasteiger partial charge >= 0.3 is 11.9 Å². The highest BCUT2D eigenvalue weighted by Crippen LogP contribution is 2.35. The number of aliphatic carboxylic acids is 2. The number of carboxylic acid groups (broad SMARTS) is 2. The smallest absolute Gasteiger partial charge is 0.305 e. The molecule has 0 aliphatic heterocycles. The number of ketones is 1. The van der Waals surface area contributed by atoms with Crippen LogP contribution in [0.2, 0.25) is 5.02 Å². The molecular formula is C45H40ClFN4O9S. The van der Waals surface area contributed by atoms with Crippen LogP contribution in [-0.4, -0.2) is 63.9 Å². The number of thiophene rings is 1. The number of ether oxygens (including phenoxy) is 2. The third-order valence-corrected chi connectivity index (χ3v) is 10.7. The van der Waals surface area contributed by atoms with E-state index in [4.69, 9.17) is 21.1 Å². The van der Waals surface area contributed by atoms with E-state index in [1.54, 1.807) is 72.8 Å². The molecule has 6 rings (SSSR count). The highest BCUT2D eigenvalue weighted by atomic mass is 35.5. The third-order valence-electron chi connectivity index (χ3n) is 9.15. The van der Waals surface area contributed by atoms with Crippen molar-refractivity contribution in [1.29, 1.82) is 0 Å². The van der Waals surface area contributed by atoms with Gasteiger partial charge in [0, 0.05) is 10.6 Å². The van der Waals surface area contributed by atoms with Crippen molar-refractivity contribution in [2.75, 3.05) is 14.2 Å². The number of rotatable bonds is 15. The van der Waals surface area contributed by atoms with E-state index in [9.17, 15) is 38.6 Å². The van der Waals surface area contributed by atoms with Gasteiger partial charge in [-0.2, -0.15) is 0 Å². The van der Waals surface area contributed by atoms with Crippen LogP contribution in [0.5, 0.6) is 11.5 Å². The lowest BCUT2D eigenvalue weighted by Gasteiger charge is -2.19. The topological polar surface area (TPSA) is 194 Å². The van der Waals surface area contributed by atoms with Crippen LogP contribution in [0.4, 0.5) is 4.39 Å². The Morgan fingerprint density at radius 2 is 1.20 bits per heavy atom. The van der Waals surface area contributed by atoms with Crippen LogP contribution in [0.3, 0.4) is 0 Å². The van der Waals surface area contributed by atoms with Gasteiger partial charge in [0.25, 0.3) is 11.8 Å². The summed E-state index contributed by atoms with van der Waals surface area (Å²) in [6.45, 7) is 3.32. The van der Waals surface area contributed by atoms with E-state index in [1.165, 1.54) is 56.7 Å². The fourth-order valence-corrected chi connectivity index (χ4v) is 7.34. The number of aryl methyl sites for hydroxylation is 1. The molecule has 314 valence electrons. The van der Waals surface area contributed by atoms with E-state index in [-0.39, 0.29) is 41.3 Å². The maximum atomic E-state index is 14.3. The number of nitrogens with one attached hydrogen (secondary N) is 2. The van der Waals surface area contributed by atoms with Gasteiger partial charge in [-0.1, -0.05) is 66.2 Å². The minimum Gasteiger partial charge on any atom is -0.494 e. The molecule has 0 aliphatic rings. The molecule has 4 N–H and O–H groups in total. The zero-order chi connectivity index (χ0) is 44.2. The molecule has 0 saturated carbocycles. The summed E-state index contributed by atoms with van der Waals surface area (Å²) in [5.74, 6) is -3.05. The summed E-state index contributed by atoms with van der Waals surface area (Å²) in [5, 5.41) is 24.4. The predicted molar refractivity (Wildman–Crippen MR) is 228 cm³/mol. The number of methoxy groups -OCH3 is 2. The van der Waals surface area contributed by atoms with E-state index < -0.39 is 41.7 Å². The summed E-state index contributed by atoms with van der Waals surface area (Å²) in [5.41, 5.74) is 2.97. The van der Waals surface area contributed by atoms with Crippen LogP contribution in [0.1, 0.15) is 79.2 Å². The molecule has 61 heavy (non-hydrogen) atoms.